The molecule has 0 aliphatic heterocycles. The number of rotatable bonds is 7. The Morgan fingerprint density at radius 3 is 2.04 bits per heavy atom. The molecule has 4 heteroatoms. The second-order valence-corrected chi connectivity index (χ2v) is 21.4. The molecule has 0 bridgehead atoms. The Balaban J connectivity index is 2.78. The Morgan fingerprint density at radius 1 is 1.00 bits per heavy atom. The minimum absolute atomic E-state index is 0.0932. The molecule has 0 N–H and O–H groups in total. The molecule has 0 aliphatic rings. The summed E-state index contributed by atoms with van der Waals surface area (Å²) in [4.78, 5) is 0. The summed E-state index contributed by atoms with van der Waals surface area (Å²) in [6.07, 6.45) is 2.35. The van der Waals surface area contributed by atoms with E-state index in [1.54, 1.807) is 0 Å². The van der Waals surface area contributed by atoms with Crippen LogP contribution < -0.4 is 4.46 Å². The van der Waals surface area contributed by atoms with Gasteiger partial charge in [0.2, 0.25) is 0 Å². The van der Waals surface area contributed by atoms with Gasteiger partial charge in [-0.3, -0.25) is 0 Å². The van der Waals surface area contributed by atoms with Crippen LogP contribution in [-0.4, -0.2) is 38.2 Å². The van der Waals surface area contributed by atoms with Crippen molar-refractivity contribution in [2.45, 2.75) is 95.5 Å². The fraction of sp³-hybridized carbons (Fsp3) is 0.652. The van der Waals surface area contributed by atoms with Gasteiger partial charge >= 0.3 is 178 Å². The van der Waals surface area contributed by atoms with Crippen molar-refractivity contribution in [1.29, 1.82) is 0 Å². The second-order valence-electron chi connectivity index (χ2n) is 10.3. The molecular formula is C23H39OSeSi2. The molecule has 0 aromatic heterocycles. The maximum absolute atomic E-state index is 6.78. The summed E-state index contributed by atoms with van der Waals surface area (Å²) < 4.78 is 8.28. The molecule has 0 amide bonds. The summed E-state index contributed by atoms with van der Waals surface area (Å²) in [5.74, 6) is 3.55. The Morgan fingerprint density at radius 2 is 1.56 bits per heavy atom. The summed E-state index contributed by atoms with van der Waals surface area (Å²) in [5.41, 5.74) is 3.57. The van der Waals surface area contributed by atoms with Crippen LogP contribution in [0.15, 0.2) is 30.3 Å². The van der Waals surface area contributed by atoms with Gasteiger partial charge in [0.1, 0.15) is 0 Å². The van der Waals surface area contributed by atoms with Crippen molar-refractivity contribution in [3.8, 4) is 11.5 Å². The van der Waals surface area contributed by atoms with Crippen molar-refractivity contribution < 1.29 is 4.43 Å². The topological polar surface area (TPSA) is 9.23 Å². The monoisotopic (exact) mass is 467 g/mol. The summed E-state index contributed by atoms with van der Waals surface area (Å²) in [7, 11) is -2.40. The van der Waals surface area contributed by atoms with E-state index in [1.165, 1.54) is 16.2 Å². The summed E-state index contributed by atoms with van der Waals surface area (Å²) in [5, 5.41) is 1.67. The molecule has 0 saturated heterocycles. The van der Waals surface area contributed by atoms with Gasteiger partial charge in [-0.25, -0.2) is 0 Å². The molecule has 0 aliphatic carbocycles. The Hall–Kier alpha value is -0.307. The first-order valence-corrected chi connectivity index (χ1v) is 17.0. The fourth-order valence-electron chi connectivity index (χ4n) is 3.05. The zero-order valence-electron chi connectivity index (χ0n) is 18.9. The first kappa shape index (κ1) is 24.7. The molecule has 0 heterocycles. The van der Waals surface area contributed by atoms with E-state index >= 15 is 0 Å². The van der Waals surface area contributed by atoms with Crippen molar-refractivity contribution in [1.82, 2.24) is 0 Å². The van der Waals surface area contributed by atoms with Gasteiger partial charge < -0.3 is 0 Å². The number of hydrogen-bond donors (Lipinski definition) is 0. The average molecular weight is 467 g/mol. The Labute approximate surface area is 178 Å². The molecule has 27 heavy (non-hydrogen) atoms. The molecular weight excluding hydrogens is 427 g/mol. The summed E-state index contributed by atoms with van der Waals surface area (Å²) in [6.45, 7) is 20.9. The van der Waals surface area contributed by atoms with Crippen molar-refractivity contribution >= 4 is 36.5 Å². The molecule has 0 saturated carbocycles. The third-order valence-corrected chi connectivity index (χ3v) is 10.3. The zero-order valence-corrected chi connectivity index (χ0v) is 22.6. The van der Waals surface area contributed by atoms with Gasteiger partial charge in [0, 0.05) is 0 Å². The first-order valence-electron chi connectivity index (χ1n) is 10.0. The third kappa shape index (κ3) is 10.7. The zero-order chi connectivity index (χ0) is 20.7. The number of benzene rings is 1. The van der Waals surface area contributed by atoms with E-state index in [-0.39, 0.29) is 16.2 Å². The van der Waals surface area contributed by atoms with Crippen molar-refractivity contribution in [3.63, 3.8) is 0 Å². The van der Waals surface area contributed by atoms with Crippen LogP contribution in [0.2, 0.25) is 35.0 Å². The van der Waals surface area contributed by atoms with Crippen LogP contribution in [0.1, 0.15) is 54.4 Å². The maximum atomic E-state index is 6.78. The van der Waals surface area contributed by atoms with E-state index in [4.69, 9.17) is 4.43 Å². The quantitative estimate of drug-likeness (QED) is 0.269. The van der Waals surface area contributed by atoms with E-state index in [0.29, 0.717) is 15.0 Å². The molecule has 1 aromatic rings. The number of hydrogen-bond acceptors (Lipinski definition) is 1. The van der Waals surface area contributed by atoms with Crippen LogP contribution in [-0.2, 0) is 4.43 Å². The fourth-order valence-corrected chi connectivity index (χ4v) is 8.95. The van der Waals surface area contributed by atoms with Crippen molar-refractivity contribution in [3.05, 3.63) is 30.3 Å². The first-order chi connectivity index (χ1) is 12.3. The van der Waals surface area contributed by atoms with E-state index in [0.717, 1.165) is 6.42 Å². The third-order valence-electron chi connectivity index (χ3n) is 3.85. The van der Waals surface area contributed by atoms with Crippen LogP contribution in [0.5, 0.6) is 0 Å². The van der Waals surface area contributed by atoms with Crippen LogP contribution in [0.3, 0.4) is 0 Å². The van der Waals surface area contributed by atoms with E-state index in [1.807, 2.05) is 0 Å². The minimum atomic E-state index is -1.39. The molecule has 1 unspecified atom stereocenters. The summed E-state index contributed by atoms with van der Waals surface area (Å²) >= 11 is 0.555. The predicted octanol–water partition coefficient (Wildman–Crippen LogP) is 6.07. The van der Waals surface area contributed by atoms with Gasteiger partial charge in [-0.2, -0.15) is 0 Å². The average Bonchev–Trinajstić information content (AvgIpc) is 2.51. The SMILES string of the molecule is CC(C)(C)[Si](OC(C#C[Si](C)(C)C)CCC[Se]c1ccccc1)C(C)(C)C. The van der Waals surface area contributed by atoms with E-state index in [9.17, 15) is 0 Å². The molecule has 1 nitrogen and oxygen atoms in total. The van der Waals surface area contributed by atoms with Gasteiger partial charge in [-0.05, 0) is 0 Å². The molecule has 151 valence electrons. The van der Waals surface area contributed by atoms with Gasteiger partial charge in [0.25, 0.3) is 0 Å². The van der Waals surface area contributed by atoms with Gasteiger partial charge in [0.05, 0.1) is 0 Å². The molecule has 1 atom stereocenters. The van der Waals surface area contributed by atoms with Crippen molar-refractivity contribution in [2.24, 2.45) is 0 Å². The van der Waals surface area contributed by atoms with Gasteiger partial charge in [-0.15, -0.1) is 0 Å². The molecule has 0 fully saturated rings. The Kier molecular flexibility index (Phi) is 9.58. The Bertz CT molecular complexity index is 598. The van der Waals surface area contributed by atoms with Crippen LogP contribution in [0, 0.1) is 11.5 Å². The van der Waals surface area contributed by atoms with E-state index in [2.05, 4.69) is 103 Å². The van der Waals surface area contributed by atoms with Crippen LogP contribution >= 0.6 is 0 Å². The van der Waals surface area contributed by atoms with Crippen LogP contribution in [0.25, 0.3) is 0 Å². The molecule has 1 radical (unpaired) electrons. The molecule has 1 aromatic carbocycles. The predicted molar refractivity (Wildman–Crippen MR) is 127 cm³/mol. The van der Waals surface area contributed by atoms with Gasteiger partial charge in [-0.1, -0.05) is 0 Å². The van der Waals surface area contributed by atoms with Crippen LogP contribution in [0.4, 0.5) is 0 Å². The van der Waals surface area contributed by atoms with Crippen molar-refractivity contribution in [2.75, 3.05) is 0 Å². The molecule has 1 rings (SSSR count). The van der Waals surface area contributed by atoms with E-state index < -0.39 is 17.1 Å². The standard InChI is InChI=1S/C23H39OSeSi2/c1-22(2,3)26(23(4,5)6)24-20(17-19-27(7,8)9)14-13-18-25-21-15-11-10-12-16-21/h10-12,15-16,20H,13-14,18H2,1-9H3. The molecule has 0 spiro atoms. The normalized spacial score (nSPS) is 14.0. The second kappa shape index (κ2) is 10.5. The van der Waals surface area contributed by atoms with Gasteiger partial charge in [0.15, 0.2) is 0 Å². The summed E-state index contributed by atoms with van der Waals surface area (Å²) in [6, 6.07) is 10.9.